The van der Waals surface area contributed by atoms with Gasteiger partial charge in [0.1, 0.15) is 5.75 Å². The molecule has 136 valence electrons. The lowest BCUT2D eigenvalue weighted by Gasteiger charge is -2.36. The van der Waals surface area contributed by atoms with Crippen molar-refractivity contribution >= 4 is 17.5 Å². The van der Waals surface area contributed by atoms with Gasteiger partial charge in [-0.2, -0.15) is 0 Å². The Hall–Kier alpha value is -3.09. The van der Waals surface area contributed by atoms with E-state index in [1.54, 1.807) is 19.4 Å². The SMILES string of the molecule is COc1cccc(CC(=O)N2CCN(c3ccncc3C(N)=O)CC2)c1. The molecule has 0 saturated carbocycles. The van der Waals surface area contributed by atoms with Crippen molar-refractivity contribution in [3.05, 3.63) is 53.9 Å². The molecule has 1 aromatic carbocycles. The van der Waals surface area contributed by atoms with Gasteiger partial charge < -0.3 is 20.3 Å². The summed E-state index contributed by atoms with van der Waals surface area (Å²) >= 11 is 0. The molecule has 0 atom stereocenters. The van der Waals surface area contributed by atoms with Gasteiger partial charge in [0.05, 0.1) is 24.8 Å². The van der Waals surface area contributed by atoms with Crippen molar-refractivity contribution in [1.82, 2.24) is 9.88 Å². The zero-order valence-corrected chi connectivity index (χ0v) is 14.7. The lowest BCUT2D eigenvalue weighted by molar-refractivity contribution is -0.130. The molecule has 1 fully saturated rings. The molecule has 1 saturated heterocycles. The fraction of sp³-hybridized carbons (Fsp3) is 0.316. The molecule has 3 rings (SSSR count). The van der Waals surface area contributed by atoms with Gasteiger partial charge in [0.2, 0.25) is 5.91 Å². The highest BCUT2D eigenvalue weighted by molar-refractivity contribution is 5.98. The predicted octanol–water partition coefficient (Wildman–Crippen LogP) is 1.08. The maximum atomic E-state index is 12.6. The number of carbonyl (C=O) groups is 2. The summed E-state index contributed by atoms with van der Waals surface area (Å²) in [6, 6.07) is 9.33. The Balaban J connectivity index is 1.61. The molecule has 26 heavy (non-hydrogen) atoms. The van der Waals surface area contributed by atoms with E-state index in [0.717, 1.165) is 17.0 Å². The lowest BCUT2D eigenvalue weighted by Crippen LogP contribution is -2.49. The van der Waals surface area contributed by atoms with Crippen LogP contribution in [-0.2, 0) is 11.2 Å². The van der Waals surface area contributed by atoms with Crippen LogP contribution < -0.4 is 15.4 Å². The van der Waals surface area contributed by atoms with Crippen molar-refractivity contribution in [1.29, 1.82) is 0 Å². The summed E-state index contributed by atoms with van der Waals surface area (Å²) in [4.78, 5) is 32.0. The molecule has 0 spiro atoms. The van der Waals surface area contributed by atoms with Gasteiger partial charge in [0.15, 0.2) is 0 Å². The average Bonchev–Trinajstić information content (AvgIpc) is 2.68. The minimum Gasteiger partial charge on any atom is -0.497 e. The number of nitrogens with two attached hydrogens (primary N) is 1. The summed E-state index contributed by atoms with van der Waals surface area (Å²) < 4.78 is 5.20. The highest BCUT2D eigenvalue weighted by atomic mass is 16.5. The van der Waals surface area contributed by atoms with Crippen LogP contribution >= 0.6 is 0 Å². The third kappa shape index (κ3) is 3.93. The van der Waals surface area contributed by atoms with Crippen LogP contribution in [0.25, 0.3) is 0 Å². The summed E-state index contributed by atoms with van der Waals surface area (Å²) in [6.07, 6.45) is 3.47. The highest BCUT2D eigenvalue weighted by Gasteiger charge is 2.23. The second kappa shape index (κ2) is 7.86. The first-order chi connectivity index (χ1) is 12.6. The number of amides is 2. The van der Waals surface area contributed by atoms with Crippen molar-refractivity contribution in [2.75, 3.05) is 38.2 Å². The molecule has 0 radical (unpaired) electrons. The first kappa shape index (κ1) is 17.7. The lowest BCUT2D eigenvalue weighted by atomic mass is 10.1. The second-order valence-electron chi connectivity index (χ2n) is 6.15. The fourth-order valence-electron chi connectivity index (χ4n) is 3.12. The molecule has 7 heteroatoms. The Kier molecular flexibility index (Phi) is 5.36. The number of benzene rings is 1. The molecule has 2 heterocycles. The fourth-order valence-corrected chi connectivity index (χ4v) is 3.12. The Morgan fingerprint density at radius 2 is 1.96 bits per heavy atom. The van der Waals surface area contributed by atoms with Crippen LogP contribution in [0.3, 0.4) is 0 Å². The van der Waals surface area contributed by atoms with Crippen molar-refractivity contribution in [2.24, 2.45) is 5.73 Å². The normalized spacial score (nSPS) is 14.2. The maximum Gasteiger partial charge on any atom is 0.252 e. The maximum absolute atomic E-state index is 12.6. The van der Waals surface area contributed by atoms with E-state index in [9.17, 15) is 9.59 Å². The predicted molar refractivity (Wildman–Crippen MR) is 98.2 cm³/mol. The van der Waals surface area contributed by atoms with Crippen LogP contribution in [0.5, 0.6) is 5.75 Å². The van der Waals surface area contributed by atoms with Gasteiger partial charge in [0.25, 0.3) is 5.91 Å². The first-order valence-electron chi connectivity index (χ1n) is 8.48. The Bertz CT molecular complexity index is 801. The summed E-state index contributed by atoms with van der Waals surface area (Å²) in [7, 11) is 1.61. The molecular weight excluding hydrogens is 332 g/mol. The van der Waals surface area contributed by atoms with Gasteiger partial charge in [-0.1, -0.05) is 12.1 Å². The number of nitrogens with zero attached hydrogens (tertiary/aromatic N) is 3. The van der Waals surface area contributed by atoms with E-state index in [1.165, 1.54) is 6.20 Å². The molecule has 1 aromatic heterocycles. The molecule has 0 aliphatic carbocycles. The number of primary amides is 1. The number of hydrogen-bond donors (Lipinski definition) is 1. The molecule has 0 unspecified atom stereocenters. The van der Waals surface area contributed by atoms with E-state index in [2.05, 4.69) is 9.88 Å². The summed E-state index contributed by atoms with van der Waals surface area (Å²) in [5.41, 5.74) is 7.54. The van der Waals surface area contributed by atoms with Crippen LogP contribution in [0.2, 0.25) is 0 Å². The Morgan fingerprint density at radius 3 is 2.65 bits per heavy atom. The quantitative estimate of drug-likeness (QED) is 0.868. The largest absolute Gasteiger partial charge is 0.497 e. The second-order valence-corrected chi connectivity index (χ2v) is 6.15. The molecule has 2 amide bonds. The molecule has 2 aromatic rings. The molecule has 7 nitrogen and oxygen atoms in total. The Morgan fingerprint density at radius 1 is 1.19 bits per heavy atom. The zero-order valence-electron chi connectivity index (χ0n) is 14.7. The molecule has 0 bridgehead atoms. The highest BCUT2D eigenvalue weighted by Crippen LogP contribution is 2.21. The van der Waals surface area contributed by atoms with Crippen LogP contribution in [-0.4, -0.2) is 55.0 Å². The minimum atomic E-state index is -0.496. The van der Waals surface area contributed by atoms with Gasteiger partial charge in [-0.3, -0.25) is 14.6 Å². The minimum absolute atomic E-state index is 0.0859. The van der Waals surface area contributed by atoms with E-state index in [-0.39, 0.29) is 5.91 Å². The number of ether oxygens (including phenoxy) is 1. The van der Waals surface area contributed by atoms with Crippen molar-refractivity contribution in [2.45, 2.75) is 6.42 Å². The van der Waals surface area contributed by atoms with Gasteiger partial charge in [-0.25, -0.2) is 0 Å². The number of anilines is 1. The molecule has 1 aliphatic heterocycles. The van der Waals surface area contributed by atoms with E-state index in [0.29, 0.717) is 38.2 Å². The van der Waals surface area contributed by atoms with Crippen LogP contribution in [0, 0.1) is 0 Å². The number of rotatable bonds is 5. The average molecular weight is 354 g/mol. The van der Waals surface area contributed by atoms with Crippen LogP contribution in [0.15, 0.2) is 42.7 Å². The van der Waals surface area contributed by atoms with Crippen LogP contribution in [0.1, 0.15) is 15.9 Å². The topological polar surface area (TPSA) is 88.8 Å². The van der Waals surface area contributed by atoms with Crippen molar-refractivity contribution in [3.8, 4) is 5.75 Å². The Labute approximate surface area is 152 Å². The number of carbonyl (C=O) groups excluding carboxylic acids is 2. The monoisotopic (exact) mass is 354 g/mol. The van der Waals surface area contributed by atoms with Gasteiger partial charge in [0, 0.05) is 38.6 Å². The van der Waals surface area contributed by atoms with E-state index in [4.69, 9.17) is 10.5 Å². The smallest absolute Gasteiger partial charge is 0.252 e. The first-order valence-corrected chi connectivity index (χ1v) is 8.48. The van der Waals surface area contributed by atoms with E-state index < -0.39 is 5.91 Å². The standard InChI is InChI=1S/C19H22N4O3/c1-26-15-4-2-3-14(11-15)12-18(24)23-9-7-22(8-10-23)17-5-6-21-13-16(17)19(20)25/h2-6,11,13H,7-10,12H2,1H3,(H2,20,25). The van der Waals surface area contributed by atoms with Gasteiger partial charge >= 0.3 is 0 Å². The van der Waals surface area contributed by atoms with Gasteiger partial charge in [-0.15, -0.1) is 0 Å². The third-order valence-corrected chi connectivity index (χ3v) is 4.53. The van der Waals surface area contributed by atoms with Crippen LogP contribution in [0.4, 0.5) is 5.69 Å². The van der Waals surface area contributed by atoms with Crippen molar-refractivity contribution in [3.63, 3.8) is 0 Å². The number of piperazine rings is 1. The molecule has 2 N–H and O–H groups in total. The summed E-state index contributed by atoms with van der Waals surface area (Å²) in [5, 5.41) is 0. The number of hydrogen-bond acceptors (Lipinski definition) is 5. The summed E-state index contributed by atoms with van der Waals surface area (Å²) in [5.74, 6) is 0.337. The van der Waals surface area contributed by atoms with E-state index in [1.807, 2.05) is 29.2 Å². The van der Waals surface area contributed by atoms with Crippen molar-refractivity contribution < 1.29 is 14.3 Å². The zero-order chi connectivity index (χ0) is 18.5. The number of methoxy groups -OCH3 is 1. The summed E-state index contributed by atoms with van der Waals surface area (Å²) in [6.45, 7) is 2.49. The number of pyridine rings is 1. The van der Waals surface area contributed by atoms with E-state index >= 15 is 0 Å². The molecule has 1 aliphatic rings. The molecular formula is C19H22N4O3. The number of aromatic nitrogens is 1. The van der Waals surface area contributed by atoms with Gasteiger partial charge in [-0.05, 0) is 23.8 Å². The third-order valence-electron chi connectivity index (χ3n) is 4.53.